The fourth-order valence-electron chi connectivity index (χ4n) is 1.13. The zero-order valence-corrected chi connectivity index (χ0v) is 10.7. The van der Waals surface area contributed by atoms with Crippen molar-refractivity contribution in [2.45, 2.75) is 20.0 Å². The molecule has 0 saturated heterocycles. The topological polar surface area (TPSA) is 69.3 Å². The second kappa shape index (κ2) is 6.31. The van der Waals surface area contributed by atoms with Gasteiger partial charge in [0.15, 0.2) is 11.8 Å². The molecule has 0 unspecified atom stereocenters. The van der Waals surface area contributed by atoms with E-state index in [0.29, 0.717) is 6.92 Å². The van der Waals surface area contributed by atoms with Gasteiger partial charge in [0.2, 0.25) is 5.88 Å². The predicted octanol–water partition coefficient (Wildman–Crippen LogP) is 2.64. The van der Waals surface area contributed by atoms with E-state index in [1.165, 1.54) is 12.4 Å². The minimum atomic E-state index is -4.74. The van der Waals surface area contributed by atoms with E-state index in [1.807, 2.05) is 0 Å². The molecule has 0 aliphatic carbocycles. The highest BCUT2D eigenvalue weighted by molar-refractivity contribution is 6.44. The summed E-state index contributed by atoms with van der Waals surface area (Å²) in [6, 6.07) is 0. The van der Waals surface area contributed by atoms with Crippen LogP contribution in [0.5, 0.6) is 0 Å². The first-order valence-electron chi connectivity index (χ1n) is 5.43. The average Bonchev–Trinajstić information content (AvgIpc) is 2.36. The van der Waals surface area contributed by atoms with Crippen molar-refractivity contribution in [2.24, 2.45) is 15.0 Å². The Morgan fingerprint density at radius 3 is 2.45 bits per heavy atom. The van der Waals surface area contributed by atoms with Crippen molar-refractivity contribution in [3.63, 3.8) is 0 Å². The number of alkyl halides is 3. The summed E-state index contributed by atoms with van der Waals surface area (Å²) in [4.78, 5) is 10.5. The summed E-state index contributed by atoms with van der Waals surface area (Å²) in [6.45, 7) is 1.76. The van der Waals surface area contributed by atoms with Crippen molar-refractivity contribution in [2.75, 3.05) is 6.54 Å². The van der Waals surface area contributed by atoms with Crippen LogP contribution in [-0.2, 0) is 0 Å². The molecule has 110 valence electrons. The molecule has 1 rings (SSSR count). The molecule has 20 heavy (non-hydrogen) atoms. The third-order valence-corrected chi connectivity index (χ3v) is 2.18. The van der Waals surface area contributed by atoms with Crippen LogP contribution in [-0.4, -0.2) is 35.3 Å². The normalized spacial score (nSPS) is 18.4. The summed E-state index contributed by atoms with van der Waals surface area (Å²) in [5, 5.41) is 12.1. The lowest BCUT2D eigenvalue weighted by Gasteiger charge is -2.10. The Bertz CT molecular complexity index is 525. The van der Waals surface area contributed by atoms with Crippen molar-refractivity contribution < 1.29 is 22.7 Å². The molecule has 1 heterocycles. The van der Waals surface area contributed by atoms with Gasteiger partial charge >= 0.3 is 6.18 Å². The molecule has 0 aromatic carbocycles. The Morgan fingerprint density at radius 1 is 1.35 bits per heavy atom. The van der Waals surface area contributed by atoms with Gasteiger partial charge < -0.3 is 10.4 Å². The number of hydrogen-bond acceptors (Lipinski definition) is 4. The first-order chi connectivity index (χ1) is 9.21. The molecule has 0 saturated carbocycles. The highest BCUT2D eigenvalue weighted by Gasteiger charge is 2.33. The fourth-order valence-corrected chi connectivity index (χ4v) is 1.13. The molecule has 1 aliphatic rings. The van der Waals surface area contributed by atoms with Crippen LogP contribution in [0.4, 0.5) is 17.6 Å². The highest BCUT2D eigenvalue weighted by Crippen LogP contribution is 2.27. The summed E-state index contributed by atoms with van der Waals surface area (Å²) in [7, 11) is 0. The Morgan fingerprint density at radius 2 is 2.00 bits per heavy atom. The predicted molar refractivity (Wildman–Crippen MR) is 67.6 cm³/mol. The number of aliphatic hydroxyl groups excluding tert-OH is 1. The lowest BCUT2D eigenvalue weighted by molar-refractivity contribution is -0.0941. The van der Waals surface area contributed by atoms with Crippen LogP contribution in [0.15, 0.2) is 38.8 Å². The molecule has 0 bridgehead atoms. The summed E-state index contributed by atoms with van der Waals surface area (Å²) in [5.74, 6) is -2.63. The van der Waals surface area contributed by atoms with Gasteiger partial charge in [0.05, 0.1) is 12.1 Å². The zero-order chi connectivity index (χ0) is 15.3. The summed E-state index contributed by atoms with van der Waals surface area (Å²) >= 11 is 0. The van der Waals surface area contributed by atoms with Gasteiger partial charge in [0.25, 0.3) is 0 Å². The first-order valence-corrected chi connectivity index (χ1v) is 5.43. The van der Waals surface area contributed by atoms with Gasteiger partial charge in [-0.05, 0) is 6.92 Å². The minimum Gasteiger partial charge on any atom is -0.493 e. The second-order valence-corrected chi connectivity index (χ2v) is 3.76. The Balaban J connectivity index is 3.25. The van der Waals surface area contributed by atoms with Crippen LogP contribution in [0.1, 0.15) is 13.8 Å². The lowest BCUT2D eigenvalue weighted by atomic mass is 10.3. The molecule has 1 aliphatic heterocycles. The summed E-state index contributed by atoms with van der Waals surface area (Å²) in [5.41, 5.74) is -1.20. The van der Waals surface area contributed by atoms with Crippen molar-refractivity contribution in [3.05, 3.63) is 23.9 Å². The number of halogens is 4. The van der Waals surface area contributed by atoms with Crippen LogP contribution >= 0.6 is 0 Å². The third kappa shape index (κ3) is 4.48. The number of nitrogens with zero attached hydrogens (tertiary/aromatic N) is 3. The third-order valence-electron chi connectivity index (χ3n) is 2.18. The fraction of sp³-hybridized carbons (Fsp3) is 0.364. The SMILES string of the molecule is C\C(=C(O)/N=C(\N=C(/C)F)C1=NC=CNC1)C(F)(F)F. The highest BCUT2D eigenvalue weighted by atomic mass is 19.4. The molecule has 0 atom stereocenters. The van der Waals surface area contributed by atoms with Gasteiger partial charge in [-0.3, -0.25) is 4.99 Å². The second-order valence-electron chi connectivity index (χ2n) is 3.76. The Hall–Kier alpha value is -2.19. The molecule has 0 aromatic heterocycles. The van der Waals surface area contributed by atoms with Gasteiger partial charge in [0.1, 0.15) is 5.71 Å². The van der Waals surface area contributed by atoms with E-state index < -0.39 is 29.4 Å². The quantitative estimate of drug-likeness (QED) is 0.355. The van der Waals surface area contributed by atoms with Crippen LogP contribution in [0, 0.1) is 0 Å². The number of amidine groups is 1. The maximum absolute atomic E-state index is 12.8. The first kappa shape index (κ1) is 15.9. The van der Waals surface area contributed by atoms with E-state index in [1.54, 1.807) is 0 Å². The van der Waals surface area contributed by atoms with Crippen LogP contribution < -0.4 is 5.32 Å². The number of aliphatic imine (C=N–C) groups is 3. The molecule has 0 fully saturated rings. The molecular weight excluding hydrogens is 280 g/mol. The Labute approximate surface area is 112 Å². The van der Waals surface area contributed by atoms with Crippen LogP contribution in [0.25, 0.3) is 0 Å². The van der Waals surface area contributed by atoms with Crippen LogP contribution in [0.2, 0.25) is 0 Å². The average molecular weight is 292 g/mol. The molecular formula is C11H12F4N4O. The number of hydrogen-bond donors (Lipinski definition) is 2. The molecule has 9 heteroatoms. The largest absolute Gasteiger partial charge is 0.493 e. The zero-order valence-electron chi connectivity index (χ0n) is 10.7. The van der Waals surface area contributed by atoms with Gasteiger partial charge in [0, 0.05) is 19.3 Å². The van der Waals surface area contributed by atoms with Crippen molar-refractivity contribution >= 4 is 17.5 Å². The number of nitrogens with one attached hydrogen (secondary N) is 1. The molecule has 0 aromatic rings. The van der Waals surface area contributed by atoms with E-state index in [-0.39, 0.29) is 12.3 Å². The summed E-state index contributed by atoms with van der Waals surface area (Å²) in [6.07, 6.45) is -1.93. The van der Waals surface area contributed by atoms with Crippen molar-refractivity contribution in [1.82, 2.24) is 5.32 Å². The number of allylic oxidation sites excluding steroid dienone is 1. The Kier molecular flexibility index (Phi) is 5.00. The molecule has 0 amide bonds. The standard InChI is InChI=1S/C11H12F4N4O/c1-6(11(13,14)15)10(20)19-9(18-7(2)12)8-5-16-3-4-17-8/h3-4,16,20H,5H2,1-2H3/b10-6-,18-7+,19-9-. The number of aliphatic hydroxyl groups is 1. The molecule has 0 spiro atoms. The van der Waals surface area contributed by atoms with Gasteiger partial charge in [-0.25, -0.2) is 4.99 Å². The lowest BCUT2D eigenvalue weighted by Crippen LogP contribution is -2.27. The van der Waals surface area contributed by atoms with Crippen molar-refractivity contribution in [1.29, 1.82) is 0 Å². The smallest absolute Gasteiger partial charge is 0.417 e. The molecule has 5 nitrogen and oxygen atoms in total. The van der Waals surface area contributed by atoms with E-state index in [0.717, 1.165) is 6.92 Å². The molecule has 0 radical (unpaired) electrons. The van der Waals surface area contributed by atoms with Crippen LogP contribution in [0.3, 0.4) is 0 Å². The van der Waals surface area contributed by atoms with Crippen molar-refractivity contribution in [3.8, 4) is 0 Å². The minimum absolute atomic E-state index is 0.102. The monoisotopic (exact) mass is 292 g/mol. The molecule has 2 N–H and O–H groups in total. The van der Waals surface area contributed by atoms with Gasteiger partial charge in [-0.15, -0.1) is 0 Å². The van der Waals surface area contributed by atoms with E-state index in [9.17, 15) is 22.7 Å². The maximum atomic E-state index is 12.8. The maximum Gasteiger partial charge on any atom is 0.417 e. The van der Waals surface area contributed by atoms with E-state index >= 15 is 0 Å². The summed E-state index contributed by atoms with van der Waals surface area (Å²) < 4.78 is 50.1. The number of rotatable bonds is 2. The van der Waals surface area contributed by atoms with Gasteiger partial charge in [-0.1, -0.05) is 0 Å². The van der Waals surface area contributed by atoms with E-state index in [4.69, 9.17) is 0 Å². The van der Waals surface area contributed by atoms with Gasteiger partial charge in [-0.2, -0.15) is 22.6 Å². The van der Waals surface area contributed by atoms with E-state index in [2.05, 4.69) is 20.3 Å².